The molecule has 1 aliphatic heterocycles. The lowest BCUT2D eigenvalue weighted by Gasteiger charge is -2.22. The monoisotopic (exact) mass is 674 g/mol. The van der Waals surface area contributed by atoms with E-state index in [1.807, 2.05) is 84.7 Å². The van der Waals surface area contributed by atoms with E-state index in [0.29, 0.717) is 35.8 Å². The molecule has 1 unspecified atom stereocenters. The molecule has 8 heteroatoms. The highest BCUT2D eigenvalue weighted by atomic mass is 35.5. The van der Waals surface area contributed by atoms with Crippen molar-refractivity contribution < 1.29 is 19.0 Å². The van der Waals surface area contributed by atoms with Gasteiger partial charge in [0.15, 0.2) is 0 Å². The van der Waals surface area contributed by atoms with Crippen molar-refractivity contribution in [3.63, 3.8) is 0 Å². The highest BCUT2D eigenvalue weighted by Gasteiger charge is 2.29. The normalized spacial score (nSPS) is 13.8. The average Bonchev–Trinajstić information content (AvgIpc) is 3.40. The Morgan fingerprint density at radius 2 is 1.71 bits per heavy atom. The maximum Gasteiger partial charge on any atom is 0.310 e. The lowest BCUT2D eigenvalue weighted by Crippen LogP contribution is -2.11. The number of hydrogen-bond donors (Lipinski definition) is 0. The van der Waals surface area contributed by atoms with Crippen molar-refractivity contribution in [2.24, 2.45) is 0 Å². The third-order valence-electron chi connectivity index (χ3n) is 8.60. The number of halogens is 1. The van der Waals surface area contributed by atoms with E-state index >= 15 is 0 Å². The van der Waals surface area contributed by atoms with Gasteiger partial charge in [-0.05, 0) is 53.9 Å². The second-order valence-corrected chi connectivity index (χ2v) is 13.8. The van der Waals surface area contributed by atoms with E-state index in [-0.39, 0.29) is 12.4 Å². The van der Waals surface area contributed by atoms with Crippen molar-refractivity contribution in [3.05, 3.63) is 142 Å². The zero-order chi connectivity index (χ0) is 33.0. The molecule has 0 radical (unpaired) electrons. The van der Waals surface area contributed by atoms with Crippen LogP contribution in [-0.4, -0.2) is 27.9 Å². The van der Waals surface area contributed by atoms with E-state index in [9.17, 15) is 4.79 Å². The number of carbonyl (C=O) groups is 1. The molecule has 4 aromatic carbocycles. The van der Waals surface area contributed by atoms with Gasteiger partial charge < -0.3 is 18.8 Å². The number of hydrogen-bond acceptors (Lipinski definition) is 6. The summed E-state index contributed by atoms with van der Waals surface area (Å²) in [6, 6.07) is 34.2. The van der Waals surface area contributed by atoms with E-state index < -0.39 is 0 Å². The number of rotatable bonds is 11. The summed E-state index contributed by atoms with van der Waals surface area (Å²) in [5.74, 6) is 1.24. The van der Waals surface area contributed by atoms with Gasteiger partial charge in [-0.15, -0.1) is 11.8 Å². The average molecular weight is 675 g/mol. The van der Waals surface area contributed by atoms with Crippen LogP contribution in [0.25, 0.3) is 22.0 Å². The van der Waals surface area contributed by atoms with Gasteiger partial charge in [-0.3, -0.25) is 9.78 Å². The fourth-order valence-corrected chi connectivity index (χ4v) is 7.79. The van der Waals surface area contributed by atoms with Gasteiger partial charge in [-0.2, -0.15) is 0 Å². The standard InChI is InChI=1S/C40H35ClN2O4S/c1-26-19-33-37(46-24-32-16-15-30(22-42-32)28-10-4-3-5-11-28)18-17-34-39(33)40(48-26)35(43(34)23-27-9-8-13-31(41)20-27)25-47-36-14-7-6-12-29(36)21-38(44)45-2/h3-18,20,22,26H,19,21,23-25H2,1-2H3. The Hall–Kier alpha value is -4.72. The van der Waals surface area contributed by atoms with Gasteiger partial charge >= 0.3 is 5.97 Å². The Balaban J connectivity index is 1.23. The summed E-state index contributed by atoms with van der Waals surface area (Å²) in [7, 11) is 1.40. The molecular formula is C40H35ClN2O4S. The summed E-state index contributed by atoms with van der Waals surface area (Å²) in [4.78, 5) is 18.0. The van der Waals surface area contributed by atoms with Crippen molar-refractivity contribution in [2.45, 2.75) is 49.7 Å². The number of aromatic nitrogens is 2. The van der Waals surface area contributed by atoms with Crippen LogP contribution >= 0.6 is 23.4 Å². The van der Waals surface area contributed by atoms with Crippen LogP contribution in [0.15, 0.2) is 114 Å². The smallest absolute Gasteiger partial charge is 0.310 e. The van der Waals surface area contributed by atoms with Crippen LogP contribution in [-0.2, 0) is 42.1 Å². The lowest BCUT2D eigenvalue weighted by atomic mass is 10.0. The molecule has 242 valence electrons. The third-order valence-corrected chi connectivity index (χ3v) is 10.1. The number of para-hydroxylation sites is 1. The fourth-order valence-electron chi connectivity index (χ4n) is 6.27. The van der Waals surface area contributed by atoms with Gasteiger partial charge in [0.05, 0.1) is 30.4 Å². The van der Waals surface area contributed by atoms with Crippen LogP contribution in [0.2, 0.25) is 5.02 Å². The molecule has 0 amide bonds. The van der Waals surface area contributed by atoms with Crippen LogP contribution < -0.4 is 9.47 Å². The molecule has 0 saturated carbocycles. The van der Waals surface area contributed by atoms with Crippen molar-refractivity contribution in [2.75, 3.05) is 7.11 Å². The highest BCUT2D eigenvalue weighted by Crippen LogP contribution is 2.47. The Bertz CT molecular complexity index is 2080. The van der Waals surface area contributed by atoms with Crippen molar-refractivity contribution in [3.8, 4) is 22.6 Å². The van der Waals surface area contributed by atoms with Gasteiger partial charge in [0.25, 0.3) is 0 Å². The maximum atomic E-state index is 12.1. The Kier molecular flexibility index (Phi) is 9.41. The van der Waals surface area contributed by atoms with E-state index in [1.165, 1.54) is 23.0 Å². The van der Waals surface area contributed by atoms with Crippen LogP contribution in [0.4, 0.5) is 0 Å². The molecule has 0 fully saturated rings. The number of thioether (sulfide) groups is 1. The molecule has 3 heterocycles. The zero-order valence-electron chi connectivity index (χ0n) is 26.8. The molecule has 6 nitrogen and oxygen atoms in total. The summed E-state index contributed by atoms with van der Waals surface area (Å²) < 4.78 is 20.3. The van der Waals surface area contributed by atoms with E-state index in [4.69, 9.17) is 30.8 Å². The van der Waals surface area contributed by atoms with Gasteiger partial charge in [-0.25, -0.2) is 0 Å². The van der Waals surface area contributed by atoms with Crippen LogP contribution in [0.3, 0.4) is 0 Å². The molecule has 6 aromatic rings. The zero-order valence-corrected chi connectivity index (χ0v) is 28.4. The number of methoxy groups -OCH3 is 1. The highest BCUT2D eigenvalue weighted by molar-refractivity contribution is 8.00. The van der Waals surface area contributed by atoms with Gasteiger partial charge in [0.1, 0.15) is 24.7 Å². The second kappa shape index (κ2) is 14.2. The SMILES string of the molecule is COC(=O)Cc1ccccc1OCc1c2c3c(c(OCc4ccc(-c5ccccc5)cn4)ccc3n1Cc1cccc(Cl)c1)CC(C)S2. The minimum atomic E-state index is -0.305. The summed E-state index contributed by atoms with van der Waals surface area (Å²) >= 11 is 8.29. The first-order valence-electron chi connectivity index (χ1n) is 16.0. The van der Waals surface area contributed by atoms with Gasteiger partial charge in [-0.1, -0.05) is 85.3 Å². The summed E-state index contributed by atoms with van der Waals surface area (Å²) in [5, 5.41) is 2.24. The first-order chi connectivity index (χ1) is 23.5. The van der Waals surface area contributed by atoms with Crippen molar-refractivity contribution in [1.29, 1.82) is 0 Å². The van der Waals surface area contributed by atoms with Gasteiger partial charge in [0.2, 0.25) is 0 Å². The predicted molar refractivity (Wildman–Crippen MR) is 192 cm³/mol. The number of nitrogens with zero attached hydrogens (tertiary/aromatic N) is 2. The van der Waals surface area contributed by atoms with Crippen LogP contribution in [0, 0.1) is 0 Å². The molecule has 0 bridgehead atoms. The Morgan fingerprint density at radius 3 is 2.50 bits per heavy atom. The molecule has 1 atom stereocenters. The molecule has 1 aliphatic rings. The predicted octanol–water partition coefficient (Wildman–Crippen LogP) is 9.32. The lowest BCUT2D eigenvalue weighted by molar-refractivity contribution is -0.139. The molecule has 0 N–H and O–H groups in total. The largest absolute Gasteiger partial charge is 0.487 e. The van der Waals surface area contributed by atoms with Gasteiger partial charge in [0, 0.05) is 50.0 Å². The topological polar surface area (TPSA) is 62.6 Å². The number of esters is 1. The Morgan fingerprint density at radius 1 is 0.896 bits per heavy atom. The third kappa shape index (κ3) is 6.80. The second-order valence-electron chi connectivity index (χ2n) is 11.9. The quantitative estimate of drug-likeness (QED) is 0.128. The molecule has 48 heavy (non-hydrogen) atoms. The molecule has 2 aromatic heterocycles. The number of ether oxygens (including phenoxy) is 3. The van der Waals surface area contributed by atoms with Crippen LogP contribution in [0.5, 0.6) is 11.5 Å². The van der Waals surface area contributed by atoms with Crippen LogP contribution in [0.1, 0.15) is 35.0 Å². The van der Waals surface area contributed by atoms with Crippen molar-refractivity contribution >= 4 is 40.2 Å². The molecule has 0 aliphatic carbocycles. The van der Waals surface area contributed by atoms with E-state index in [2.05, 4.69) is 47.9 Å². The van der Waals surface area contributed by atoms with Crippen molar-refractivity contribution in [1.82, 2.24) is 9.55 Å². The summed E-state index contributed by atoms with van der Waals surface area (Å²) in [5.41, 5.74) is 8.38. The maximum absolute atomic E-state index is 12.1. The summed E-state index contributed by atoms with van der Waals surface area (Å²) in [6.45, 7) is 3.59. The number of carbonyl (C=O) groups excluding carboxylic acids is 1. The van der Waals surface area contributed by atoms with E-state index in [0.717, 1.165) is 51.3 Å². The molecule has 7 rings (SSSR count). The van der Waals surface area contributed by atoms with E-state index in [1.54, 1.807) is 0 Å². The first-order valence-corrected chi connectivity index (χ1v) is 17.2. The number of benzene rings is 4. The minimum Gasteiger partial charge on any atom is -0.487 e. The molecule has 0 saturated heterocycles. The first kappa shape index (κ1) is 31.9. The summed E-state index contributed by atoms with van der Waals surface area (Å²) in [6.07, 6.45) is 2.93. The molecular weight excluding hydrogens is 640 g/mol. The Labute approximate surface area is 289 Å². The minimum absolute atomic E-state index is 0.144. The molecule has 0 spiro atoms. The fraction of sp³-hybridized carbons (Fsp3) is 0.200. The number of pyridine rings is 1.